The van der Waals surface area contributed by atoms with E-state index >= 15 is 0 Å². The van der Waals surface area contributed by atoms with Gasteiger partial charge in [0.2, 0.25) is 5.91 Å². The van der Waals surface area contributed by atoms with Crippen molar-refractivity contribution in [3.05, 3.63) is 22.4 Å². The first kappa shape index (κ1) is 12.6. The molecule has 1 fully saturated rings. The molecule has 1 heterocycles. The third-order valence-electron chi connectivity index (χ3n) is 3.63. The minimum absolute atomic E-state index is 0.0550. The minimum Gasteiger partial charge on any atom is -0.354 e. The molecule has 1 aliphatic carbocycles. The molecule has 94 valence electrons. The zero-order valence-corrected chi connectivity index (χ0v) is 11.1. The summed E-state index contributed by atoms with van der Waals surface area (Å²) in [6, 6.07) is 3.32. The van der Waals surface area contributed by atoms with Gasteiger partial charge in [-0.15, -0.1) is 11.3 Å². The van der Waals surface area contributed by atoms with E-state index in [1.165, 1.54) is 37.0 Å². The van der Waals surface area contributed by atoms with E-state index in [1.54, 1.807) is 0 Å². The van der Waals surface area contributed by atoms with Gasteiger partial charge in [0.25, 0.3) is 0 Å². The largest absolute Gasteiger partial charge is 0.354 e. The monoisotopic (exact) mass is 252 g/mol. The summed E-state index contributed by atoms with van der Waals surface area (Å²) in [6.07, 6.45) is 4.98. The number of nitrogens with one attached hydrogen (secondary N) is 1. The molecule has 1 aromatic rings. The molecular weight excluding hydrogens is 232 g/mol. The van der Waals surface area contributed by atoms with Crippen molar-refractivity contribution in [2.45, 2.75) is 38.6 Å². The van der Waals surface area contributed by atoms with Crippen LogP contribution in [-0.4, -0.2) is 12.5 Å². The van der Waals surface area contributed by atoms with Gasteiger partial charge in [-0.25, -0.2) is 0 Å². The first-order valence-corrected chi connectivity index (χ1v) is 7.05. The number of amides is 1. The average Bonchev–Trinajstić information content (AvgIpc) is 2.96. The van der Waals surface area contributed by atoms with Gasteiger partial charge in [-0.2, -0.15) is 0 Å². The molecule has 1 unspecified atom stereocenters. The van der Waals surface area contributed by atoms with Crippen LogP contribution in [0.1, 0.15) is 43.5 Å². The Morgan fingerprint density at radius 1 is 1.59 bits per heavy atom. The number of nitrogens with two attached hydrogens (primary N) is 1. The molecule has 4 heteroatoms. The van der Waals surface area contributed by atoms with E-state index in [9.17, 15) is 4.79 Å². The summed E-state index contributed by atoms with van der Waals surface area (Å²) < 4.78 is 0. The van der Waals surface area contributed by atoms with E-state index in [0.29, 0.717) is 0 Å². The number of rotatable bonds is 4. The molecule has 0 saturated heterocycles. The van der Waals surface area contributed by atoms with Crippen LogP contribution in [0.4, 0.5) is 0 Å². The van der Waals surface area contributed by atoms with Crippen molar-refractivity contribution < 1.29 is 4.79 Å². The number of hydrogen-bond acceptors (Lipinski definition) is 3. The van der Waals surface area contributed by atoms with Crippen LogP contribution >= 0.6 is 11.3 Å². The summed E-state index contributed by atoms with van der Waals surface area (Å²) in [6.45, 7) is 3.00. The maximum atomic E-state index is 11.9. The van der Waals surface area contributed by atoms with E-state index in [-0.39, 0.29) is 11.3 Å². The summed E-state index contributed by atoms with van der Waals surface area (Å²) in [4.78, 5) is 12.8. The lowest BCUT2D eigenvalue weighted by Gasteiger charge is -2.24. The van der Waals surface area contributed by atoms with Gasteiger partial charge in [-0.1, -0.05) is 25.8 Å². The lowest BCUT2D eigenvalue weighted by Crippen LogP contribution is -2.39. The smallest absolute Gasteiger partial charge is 0.242 e. The van der Waals surface area contributed by atoms with Crippen molar-refractivity contribution in [2.24, 2.45) is 11.1 Å². The Morgan fingerprint density at radius 2 is 2.29 bits per heavy atom. The number of carbonyl (C=O) groups excluding carboxylic acids is 1. The molecular formula is C13H20N2OS. The first-order valence-electron chi connectivity index (χ1n) is 6.17. The van der Waals surface area contributed by atoms with Crippen LogP contribution in [0.3, 0.4) is 0 Å². The van der Waals surface area contributed by atoms with E-state index in [1.807, 2.05) is 17.5 Å². The predicted molar refractivity (Wildman–Crippen MR) is 70.8 cm³/mol. The summed E-state index contributed by atoms with van der Waals surface area (Å²) in [7, 11) is 0. The standard InChI is InChI=1S/C13H20N2OS/c1-13(6-2-3-7-13)9-15-12(16)11(14)10-5-4-8-17-10/h4-5,8,11H,2-3,6-7,9,14H2,1H3,(H,15,16). The SMILES string of the molecule is CC1(CNC(=O)C(N)c2cccs2)CCCC1. The average molecular weight is 252 g/mol. The lowest BCUT2D eigenvalue weighted by molar-refractivity contribution is -0.122. The van der Waals surface area contributed by atoms with Gasteiger partial charge >= 0.3 is 0 Å². The van der Waals surface area contributed by atoms with E-state index in [0.717, 1.165) is 11.4 Å². The molecule has 0 aromatic carbocycles. The van der Waals surface area contributed by atoms with Gasteiger partial charge < -0.3 is 11.1 Å². The Bertz CT molecular complexity index is 369. The van der Waals surface area contributed by atoms with Crippen molar-refractivity contribution in [2.75, 3.05) is 6.54 Å². The Hall–Kier alpha value is -0.870. The molecule has 0 radical (unpaired) electrons. The summed E-state index contributed by atoms with van der Waals surface area (Å²) >= 11 is 1.53. The predicted octanol–water partition coefficient (Wildman–Crippen LogP) is 2.44. The molecule has 1 saturated carbocycles. The van der Waals surface area contributed by atoms with Crippen LogP contribution in [0, 0.1) is 5.41 Å². The van der Waals surface area contributed by atoms with Gasteiger partial charge in [0, 0.05) is 11.4 Å². The highest BCUT2D eigenvalue weighted by atomic mass is 32.1. The highest BCUT2D eigenvalue weighted by molar-refractivity contribution is 7.10. The molecule has 0 bridgehead atoms. The fourth-order valence-electron chi connectivity index (χ4n) is 2.41. The van der Waals surface area contributed by atoms with Crippen molar-refractivity contribution in [3.8, 4) is 0 Å². The Labute approximate surface area is 106 Å². The fourth-order valence-corrected chi connectivity index (χ4v) is 3.14. The Kier molecular flexibility index (Phi) is 3.84. The van der Waals surface area contributed by atoms with Crippen molar-refractivity contribution in [1.29, 1.82) is 0 Å². The summed E-state index contributed by atoms with van der Waals surface area (Å²) in [5.41, 5.74) is 6.19. The van der Waals surface area contributed by atoms with E-state index < -0.39 is 6.04 Å². The van der Waals surface area contributed by atoms with Gasteiger partial charge in [0.1, 0.15) is 6.04 Å². The first-order chi connectivity index (χ1) is 8.11. The molecule has 0 spiro atoms. The molecule has 0 aliphatic heterocycles. The molecule has 17 heavy (non-hydrogen) atoms. The van der Waals surface area contributed by atoms with Gasteiger partial charge in [-0.3, -0.25) is 4.79 Å². The maximum Gasteiger partial charge on any atom is 0.242 e. The van der Waals surface area contributed by atoms with Crippen LogP contribution in [0.25, 0.3) is 0 Å². The van der Waals surface area contributed by atoms with Crippen LogP contribution in [0.15, 0.2) is 17.5 Å². The van der Waals surface area contributed by atoms with E-state index in [4.69, 9.17) is 5.73 Å². The van der Waals surface area contributed by atoms with Crippen LogP contribution in [0.2, 0.25) is 0 Å². The number of thiophene rings is 1. The van der Waals surface area contributed by atoms with Crippen LogP contribution in [-0.2, 0) is 4.79 Å². The molecule has 1 aromatic heterocycles. The zero-order valence-electron chi connectivity index (χ0n) is 10.2. The molecule has 1 aliphatic rings. The highest BCUT2D eigenvalue weighted by Gasteiger charge is 2.29. The third-order valence-corrected chi connectivity index (χ3v) is 4.59. The Morgan fingerprint density at radius 3 is 2.88 bits per heavy atom. The summed E-state index contributed by atoms with van der Waals surface area (Å²) in [5.74, 6) is -0.0550. The fraction of sp³-hybridized carbons (Fsp3) is 0.615. The minimum atomic E-state index is -0.514. The zero-order chi connectivity index (χ0) is 12.3. The van der Waals surface area contributed by atoms with Crippen molar-refractivity contribution in [3.63, 3.8) is 0 Å². The van der Waals surface area contributed by atoms with Crippen LogP contribution in [0.5, 0.6) is 0 Å². The van der Waals surface area contributed by atoms with Crippen LogP contribution < -0.4 is 11.1 Å². The topological polar surface area (TPSA) is 55.1 Å². The molecule has 3 nitrogen and oxygen atoms in total. The van der Waals surface area contributed by atoms with Gasteiger partial charge in [-0.05, 0) is 29.7 Å². The second kappa shape index (κ2) is 5.19. The van der Waals surface area contributed by atoms with Gasteiger partial charge in [0.05, 0.1) is 0 Å². The second-order valence-electron chi connectivity index (χ2n) is 5.23. The van der Waals surface area contributed by atoms with Gasteiger partial charge in [0.15, 0.2) is 0 Å². The summed E-state index contributed by atoms with van der Waals surface area (Å²) in [5, 5.41) is 4.94. The maximum absolute atomic E-state index is 11.9. The lowest BCUT2D eigenvalue weighted by atomic mass is 9.89. The molecule has 1 amide bonds. The quantitative estimate of drug-likeness (QED) is 0.864. The normalized spacial score (nSPS) is 20.1. The molecule has 2 rings (SSSR count). The number of hydrogen-bond donors (Lipinski definition) is 2. The highest BCUT2D eigenvalue weighted by Crippen LogP contribution is 2.36. The number of carbonyl (C=O) groups is 1. The third kappa shape index (κ3) is 3.07. The molecule has 1 atom stereocenters. The van der Waals surface area contributed by atoms with Crippen molar-refractivity contribution >= 4 is 17.2 Å². The van der Waals surface area contributed by atoms with Crippen molar-refractivity contribution in [1.82, 2.24) is 5.32 Å². The molecule has 3 N–H and O–H groups in total. The van der Waals surface area contributed by atoms with E-state index in [2.05, 4.69) is 12.2 Å². The second-order valence-corrected chi connectivity index (χ2v) is 6.21. The Balaban J connectivity index is 1.85.